The molecule has 1 rings (SSSR count). The lowest BCUT2D eigenvalue weighted by Crippen LogP contribution is -2.38. The standard InChI is InChI=1S/C12H2F3N4P/c13-9-7(5(1-16)2-17)11(15)12(20)8(10(9)14)6(3-18)4-19/h20H2. The minimum Gasteiger partial charge on any atom is -0.205 e. The minimum atomic E-state index is -1.80. The van der Waals surface area contributed by atoms with Crippen LogP contribution >= 0.6 is 9.24 Å². The first-order chi connectivity index (χ1) is 9.44. The van der Waals surface area contributed by atoms with Crippen molar-refractivity contribution >= 4 is 25.7 Å². The monoisotopic (exact) mass is 290 g/mol. The molecule has 0 bridgehead atoms. The number of nitrogens with zero attached hydrogens (tertiary/aromatic N) is 4. The highest BCUT2D eigenvalue weighted by molar-refractivity contribution is 7.27. The van der Waals surface area contributed by atoms with Gasteiger partial charge in [-0.3, -0.25) is 0 Å². The van der Waals surface area contributed by atoms with Crippen molar-refractivity contribution in [2.45, 2.75) is 0 Å². The van der Waals surface area contributed by atoms with Crippen LogP contribution in [-0.4, -0.2) is 0 Å². The van der Waals surface area contributed by atoms with Crippen molar-refractivity contribution in [3.63, 3.8) is 0 Å². The highest BCUT2D eigenvalue weighted by Crippen LogP contribution is 2.03. The van der Waals surface area contributed by atoms with E-state index >= 15 is 0 Å². The molecular formula is C12H2F3N4P. The van der Waals surface area contributed by atoms with E-state index in [0.717, 1.165) is 0 Å². The Labute approximate surface area is 113 Å². The molecule has 0 aliphatic rings. The van der Waals surface area contributed by atoms with Gasteiger partial charge >= 0.3 is 0 Å². The van der Waals surface area contributed by atoms with E-state index in [1.807, 2.05) is 0 Å². The Bertz CT molecular complexity index is 750. The smallest absolute Gasteiger partial charge is 0.171 e. The fourth-order valence-corrected chi connectivity index (χ4v) is 1.83. The van der Waals surface area contributed by atoms with Gasteiger partial charge in [-0.1, -0.05) is 0 Å². The first-order valence-electron chi connectivity index (χ1n) is 4.75. The predicted molar refractivity (Wildman–Crippen MR) is 64.2 cm³/mol. The van der Waals surface area contributed by atoms with Gasteiger partial charge < -0.3 is 0 Å². The molecule has 0 aromatic heterocycles. The van der Waals surface area contributed by atoms with Crippen molar-refractivity contribution in [2.24, 2.45) is 0 Å². The van der Waals surface area contributed by atoms with Gasteiger partial charge in [-0.15, -0.1) is 9.24 Å². The van der Waals surface area contributed by atoms with Crippen LogP contribution < -0.4 is 15.7 Å². The predicted octanol–water partition coefficient (Wildman–Crippen LogP) is 0.0000200. The molecule has 1 atom stereocenters. The van der Waals surface area contributed by atoms with E-state index in [9.17, 15) is 13.2 Å². The molecule has 0 amide bonds. The highest BCUT2D eigenvalue weighted by atomic mass is 31.0. The first-order valence-corrected chi connectivity index (χ1v) is 5.33. The number of hydrogen-bond donors (Lipinski definition) is 0. The van der Waals surface area contributed by atoms with Gasteiger partial charge in [0.25, 0.3) is 0 Å². The number of nitriles is 4. The van der Waals surface area contributed by atoms with Gasteiger partial charge in [0.2, 0.25) is 0 Å². The van der Waals surface area contributed by atoms with Gasteiger partial charge in [-0.05, 0) is 0 Å². The van der Waals surface area contributed by atoms with Gasteiger partial charge in [-0.2, -0.15) is 21.0 Å². The zero-order valence-electron chi connectivity index (χ0n) is 9.50. The molecule has 4 nitrogen and oxygen atoms in total. The molecule has 1 aromatic rings. The van der Waals surface area contributed by atoms with Crippen molar-refractivity contribution in [3.8, 4) is 24.3 Å². The van der Waals surface area contributed by atoms with Crippen LogP contribution in [0.25, 0.3) is 11.1 Å². The summed E-state index contributed by atoms with van der Waals surface area (Å²) in [5.41, 5.74) is -1.78. The topological polar surface area (TPSA) is 95.2 Å². The molecule has 96 valence electrons. The van der Waals surface area contributed by atoms with Crippen molar-refractivity contribution < 1.29 is 13.2 Å². The SMILES string of the molecule is N#CC(C#N)=c1c(F)c(F)c(=C(C#N)C#N)c(P)c1F. The van der Waals surface area contributed by atoms with E-state index in [0.29, 0.717) is 0 Å². The maximum atomic E-state index is 14.0. The minimum absolute atomic E-state index is 0.611. The lowest BCUT2D eigenvalue weighted by molar-refractivity contribution is 0.483. The van der Waals surface area contributed by atoms with E-state index in [2.05, 4.69) is 0 Å². The summed E-state index contributed by atoms with van der Waals surface area (Å²) in [5, 5.41) is 31.9. The van der Waals surface area contributed by atoms with Crippen LogP contribution in [0.3, 0.4) is 0 Å². The summed E-state index contributed by atoms with van der Waals surface area (Å²) in [6.45, 7) is 0. The summed E-state index contributed by atoms with van der Waals surface area (Å²) < 4.78 is 41.6. The van der Waals surface area contributed by atoms with E-state index in [1.165, 1.54) is 24.3 Å². The molecule has 0 saturated carbocycles. The second-order valence-corrected chi connectivity index (χ2v) is 3.88. The molecule has 1 unspecified atom stereocenters. The summed E-state index contributed by atoms with van der Waals surface area (Å²) in [6.07, 6.45) is 0. The summed E-state index contributed by atoms with van der Waals surface area (Å²) in [4.78, 5) is 0. The van der Waals surface area contributed by atoms with E-state index in [1.54, 1.807) is 9.24 Å². The Balaban J connectivity index is 4.35. The molecule has 0 spiro atoms. The Kier molecular flexibility index (Phi) is 4.45. The molecule has 8 heteroatoms. The number of hydrogen-bond acceptors (Lipinski definition) is 4. The van der Waals surface area contributed by atoms with Crippen molar-refractivity contribution in [3.05, 3.63) is 27.9 Å². The molecule has 0 heterocycles. The average Bonchev–Trinajstić information content (AvgIpc) is 2.46. The normalized spacial score (nSPS) is 8.80. The zero-order chi connectivity index (χ0) is 15.4. The Morgan fingerprint density at radius 2 is 1.05 bits per heavy atom. The number of rotatable bonds is 0. The van der Waals surface area contributed by atoms with Crippen molar-refractivity contribution in [2.75, 3.05) is 0 Å². The second-order valence-electron chi connectivity index (χ2n) is 3.30. The van der Waals surface area contributed by atoms with Crippen LogP contribution in [0.4, 0.5) is 13.2 Å². The molecule has 0 saturated heterocycles. The summed E-state index contributed by atoms with van der Waals surface area (Å²) in [6, 6.07) is 5.11. The zero-order valence-corrected chi connectivity index (χ0v) is 10.7. The van der Waals surface area contributed by atoms with E-state index < -0.39 is 44.3 Å². The van der Waals surface area contributed by atoms with Crippen molar-refractivity contribution in [1.82, 2.24) is 0 Å². The van der Waals surface area contributed by atoms with Gasteiger partial charge in [0.15, 0.2) is 11.6 Å². The van der Waals surface area contributed by atoms with Gasteiger partial charge in [0.05, 0.1) is 10.4 Å². The fourth-order valence-electron chi connectivity index (χ4n) is 1.42. The fraction of sp³-hybridized carbons (Fsp3) is 0. The molecule has 0 fully saturated rings. The third kappa shape index (κ3) is 2.19. The van der Waals surface area contributed by atoms with Crippen LogP contribution in [0.15, 0.2) is 0 Å². The maximum Gasteiger partial charge on any atom is 0.171 e. The number of benzene rings is 1. The van der Waals surface area contributed by atoms with Crippen molar-refractivity contribution in [1.29, 1.82) is 21.0 Å². The Morgan fingerprint density at radius 1 is 0.700 bits per heavy atom. The average molecular weight is 290 g/mol. The third-order valence-electron chi connectivity index (χ3n) is 2.30. The molecule has 0 aliphatic carbocycles. The Morgan fingerprint density at radius 3 is 1.45 bits per heavy atom. The molecule has 1 aromatic carbocycles. The van der Waals surface area contributed by atoms with Crippen LogP contribution in [0.1, 0.15) is 0 Å². The Hall–Kier alpha value is -2.86. The molecular weight excluding hydrogens is 288 g/mol. The first kappa shape index (κ1) is 15.2. The lowest BCUT2D eigenvalue weighted by Gasteiger charge is -2.03. The third-order valence-corrected chi connectivity index (χ3v) is 2.85. The van der Waals surface area contributed by atoms with Crippen LogP contribution in [0.2, 0.25) is 0 Å². The van der Waals surface area contributed by atoms with Gasteiger partial charge in [-0.25, -0.2) is 13.2 Å². The van der Waals surface area contributed by atoms with Crippen LogP contribution in [0, 0.1) is 62.8 Å². The van der Waals surface area contributed by atoms with Crippen LogP contribution in [-0.2, 0) is 0 Å². The van der Waals surface area contributed by atoms with E-state index in [4.69, 9.17) is 21.0 Å². The molecule has 0 radical (unpaired) electrons. The highest BCUT2D eigenvalue weighted by Gasteiger charge is 2.20. The van der Waals surface area contributed by atoms with Gasteiger partial charge in [0.1, 0.15) is 41.2 Å². The molecule has 0 aliphatic heterocycles. The second kappa shape index (κ2) is 5.85. The quantitative estimate of drug-likeness (QED) is 0.496. The maximum absolute atomic E-state index is 14.0. The summed E-state index contributed by atoms with van der Waals surface area (Å²) >= 11 is 0. The van der Waals surface area contributed by atoms with Gasteiger partial charge in [0, 0.05) is 5.30 Å². The molecule has 0 N–H and O–H groups in total. The lowest BCUT2D eigenvalue weighted by atomic mass is 10.1. The number of halogens is 3. The van der Waals surface area contributed by atoms with E-state index in [-0.39, 0.29) is 0 Å². The molecule has 20 heavy (non-hydrogen) atoms. The largest absolute Gasteiger partial charge is 0.205 e. The van der Waals surface area contributed by atoms with Crippen LogP contribution in [0.5, 0.6) is 0 Å². The summed E-state index contributed by atoms with van der Waals surface area (Å²) in [5.74, 6) is -4.87. The summed E-state index contributed by atoms with van der Waals surface area (Å²) in [7, 11) is 1.71.